The predicted molar refractivity (Wildman–Crippen MR) is 80.3 cm³/mol. The van der Waals surface area contributed by atoms with Gasteiger partial charge in [-0.2, -0.15) is 5.10 Å². The van der Waals surface area contributed by atoms with Gasteiger partial charge in [0.05, 0.1) is 11.8 Å². The summed E-state index contributed by atoms with van der Waals surface area (Å²) in [5, 5.41) is 7.44. The second kappa shape index (κ2) is 6.86. The van der Waals surface area contributed by atoms with Crippen LogP contribution in [0.2, 0.25) is 0 Å². The molecule has 0 saturated carbocycles. The molecule has 3 nitrogen and oxygen atoms in total. The number of rotatable bonds is 8. The lowest BCUT2D eigenvalue weighted by Gasteiger charge is -2.36. The van der Waals surface area contributed by atoms with E-state index in [2.05, 4.69) is 24.3 Å². The van der Waals surface area contributed by atoms with Gasteiger partial charge in [0.25, 0.3) is 5.92 Å². The highest BCUT2D eigenvalue weighted by Gasteiger charge is 2.29. The van der Waals surface area contributed by atoms with E-state index in [1.165, 1.54) is 18.8 Å². The average molecular weight is 299 g/mol. The quantitative estimate of drug-likeness (QED) is 0.794. The van der Waals surface area contributed by atoms with Gasteiger partial charge < -0.3 is 5.32 Å². The van der Waals surface area contributed by atoms with E-state index >= 15 is 0 Å². The van der Waals surface area contributed by atoms with Crippen LogP contribution < -0.4 is 5.32 Å². The zero-order chi connectivity index (χ0) is 15.5. The normalized spacial score (nSPS) is 19.3. The molecule has 21 heavy (non-hydrogen) atoms. The minimum Gasteiger partial charge on any atom is -0.316 e. The fourth-order valence-corrected chi connectivity index (χ4v) is 3.09. The topological polar surface area (TPSA) is 29.9 Å². The Morgan fingerprint density at radius 3 is 2.52 bits per heavy atom. The van der Waals surface area contributed by atoms with Crippen molar-refractivity contribution in [2.24, 2.45) is 17.8 Å². The fraction of sp³-hybridized carbons (Fsp3) is 0.812. The van der Waals surface area contributed by atoms with Gasteiger partial charge in [-0.15, -0.1) is 0 Å². The molecule has 0 aromatic carbocycles. The summed E-state index contributed by atoms with van der Waals surface area (Å²) in [5.74, 6) is -0.770. The molecule has 0 amide bonds. The highest BCUT2D eigenvalue weighted by Crippen LogP contribution is 2.30. The van der Waals surface area contributed by atoms with Gasteiger partial charge in [0.2, 0.25) is 0 Å². The van der Waals surface area contributed by atoms with Gasteiger partial charge in [0.1, 0.15) is 0 Å². The van der Waals surface area contributed by atoms with Crippen molar-refractivity contribution in [3.8, 4) is 0 Å². The molecule has 0 aliphatic carbocycles. The third-order valence-electron chi connectivity index (χ3n) is 4.80. The minimum atomic E-state index is -2.80. The summed E-state index contributed by atoms with van der Waals surface area (Å²) in [4.78, 5) is 0. The molecule has 5 heteroatoms. The standard InChI is InChI=1S/C16H27F2N3/c1-4-12(6-13(5-2)14-7-19-8-14)10-21-11-15(9-20-21)16(3,17)18/h9,11-14,19H,4-8,10H2,1-3H3. The van der Waals surface area contributed by atoms with Gasteiger partial charge >= 0.3 is 0 Å². The molecule has 1 aromatic rings. The predicted octanol–water partition coefficient (Wildman–Crippen LogP) is 3.66. The first kappa shape index (κ1) is 16.4. The molecule has 1 aliphatic heterocycles. The Morgan fingerprint density at radius 2 is 2.10 bits per heavy atom. The molecule has 2 rings (SSSR count). The Labute approximate surface area is 126 Å². The minimum absolute atomic E-state index is 0.00703. The zero-order valence-corrected chi connectivity index (χ0v) is 13.3. The van der Waals surface area contributed by atoms with Crippen LogP contribution in [0.5, 0.6) is 0 Å². The second-order valence-electron chi connectivity index (χ2n) is 6.44. The number of halogens is 2. The Bertz CT molecular complexity index is 435. The van der Waals surface area contributed by atoms with E-state index in [4.69, 9.17) is 0 Å². The third kappa shape index (κ3) is 4.25. The van der Waals surface area contributed by atoms with Gasteiger partial charge in [-0.1, -0.05) is 26.7 Å². The largest absolute Gasteiger partial charge is 0.316 e. The van der Waals surface area contributed by atoms with Crippen LogP contribution in [0.3, 0.4) is 0 Å². The lowest BCUT2D eigenvalue weighted by atomic mass is 9.79. The number of aromatic nitrogens is 2. The summed E-state index contributed by atoms with van der Waals surface area (Å²) in [6.45, 7) is 8.34. The number of hydrogen-bond acceptors (Lipinski definition) is 2. The molecule has 1 aliphatic rings. The van der Waals surface area contributed by atoms with E-state index in [0.29, 0.717) is 5.92 Å². The molecule has 0 spiro atoms. The number of nitrogens with one attached hydrogen (secondary N) is 1. The molecule has 1 fully saturated rings. The number of nitrogens with zero attached hydrogens (tertiary/aromatic N) is 2. The van der Waals surface area contributed by atoms with E-state index in [0.717, 1.165) is 51.2 Å². The Balaban J connectivity index is 1.93. The Morgan fingerprint density at radius 1 is 1.38 bits per heavy atom. The maximum Gasteiger partial charge on any atom is 0.273 e. The molecule has 1 saturated heterocycles. The van der Waals surface area contributed by atoms with E-state index in [1.807, 2.05) is 0 Å². The average Bonchev–Trinajstić information content (AvgIpc) is 2.83. The van der Waals surface area contributed by atoms with Crippen molar-refractivity contribution in [1.29, 1.82) is 0 Å². The van der Waals surface area contributed by atoms with Crippen molar-refractivity contribution in [1.82, 2.24) is 15.1 Å². The van der Waals surface area contributed by atoms with Gasteiger partial charge in [-0.3, -0.25) is 4.68 Å². The van der Waals surface area contributed by atoms with Crippen LogP contribution in [0.25, 0.3) is 0 Å². The molecule has 2 atom stereocenters. The summed E-state index contributed by atoms with van der Waals surface area (Å²) in [5.41, 5.74) is 0.00703. The first-order valence-corrected chi connectivity index (χ1v) is 8.05. The summed E-state index contributed by atoms with van der Waals surface area (Å²) in [6.07, 6.45) is 6.21. The molecular weight excluding hydrogens is 272 g/mol. The van der Waals surface area contributed by atoms with Crippen molar-refractivity contribution in [2.75, 3.05) is 13.1 Å². The van der Waals surface area contributed by atoms with E-state index in [1.54, 1.807) is 4.68 Å². The van der Waals surface area contributed by atoms with Crippen LogP contribution in [0.1, 0.15) is 45.6 Å². The number of hydrogen-bond donors (Lipinski definition) is 1. The SMILES string of the molecule is CCC(CC(CC)C1CNC1)Cn1cc(C(C)(F)F)cn1. The second-order valence-corrected chi connectivity index (χ2v) is 6.44. The molecule has 1 aromatic heterocycles. The summed E-state index contributed by atoms with van der Waals surface area (Å²) < 4.78 is 28.2. The van der Waals surface area contributed by atoms with Gasteiger partial charge in [0, 0.05) is 19.7 Å². The summed E-state index contributed by atoms with van der Waals surface area (Å²) in [6, 6.07) is 0. The van der Waals surface area contributed by atoms with Crippen LogP contribution in [-0.4, -0.2) is 22.9 Å². The third-order valence-corrected chi connectivity index (χ3v) is 4.80. The molecule has 2 unspecified atom stereocenters. The number of alkyl halides is 2. The monoisotopic (exact) mass is 299 g/mol. The maximum atomic E-state index is 13.3. The van der Waals surface area contributed by atoms with E-state index in [9.17, 15) is 8.78 Å². The zero-order valence-electron chi connectivity index (χ0n) is 13.3. The van der Waals surface area contributed by atoms with Crippen LogP contribution in [-0.2, 0) is 12.5 Å². The van der Waals surface area contributed by atoms with Crippen molar-refractivity contribution >= 4 is 0 Å². The molecule has 120 valence electrons. The first-order valence-electron chi connectivity index (χ1n) is 8.05. The lowest BCUT2D eigenvalue weighted by Crippen LogP contribution is -2.46. The smallest absolute Gasteiger partial charge is 0.273 e. The highest BCUT2D eigenvalue weighted by atomic mass is 19.3. The van der Waals surface area contributed by atoms with E-state index in [-0.39, 0.29) is 5.56 Å². The van der Waals surface area contributed by atoms with Crippen molar-refractivity contribution in [3.63, 3.8) is 0 Å². The van der Waals surface area contributed by atoms with Crippen molar-refractivity contribution < 1.29 is 8.78 Å². The van der Waals surface area contributed by atoms with Gasteiger partial charge in [-0.05, 0) is 37.3 Å². The van der Waals surface area contributed by atoms with E-state index < -0.39 is 5.92 Å². The van der Waals surface area contributed by atoms with Crippen LogP contribution in [0.15, 0.2) is 12.4 Å². The molecule has 0 radical (unpaired) electrons. The molecule has 0 bridgehead atoms. The van der Waals surface area contributed by atoms with Crippen LogP contribution >= 0.6 is 0 Å². The Hall–Kier alpha value is -0.970. The summed E-state index contributed by atoms with van der Waals surface area (Å²) >= 11 is 0. The summed E-state index contributed by atoms with van der Waals surface area (Å²) in [7, 11) is 0. The fourth-order valence-electron chi connectivity index (χ4n) is 3.09. The van der Waals surface area contributed by atoms with Crippen LogP contribution in [0.4, 0.5) is 8.78 Å². The van der Waals surface area contributed by atoms with Crippen LogP contribution in [0, 0.1) is 17.8 Å². The lowest BCUT2D eigenvalue weighted by molar-refractivity contribution is 0.0173. The molecular formula is C16H27F2N3. The van der Waals surface area contributed by atoms with Crippen molar-refractivity contribution in [3.05, 3.63) is 18.0 Å². The highest BCUT2D eigenvalue weighted by molar-refractivity contribution is 5.10. The maximum absolute atomic E-state index is 13.3. The molecule has 1 N–H and O–H groups in total. The van der Waals surface area contributed by atoms with Gasteiger partial charge in [0.15, 0.2) is 0 Å². The van der Waals surface area contributed by atoms with Gasteiger partial charge in [-0.25, -0.2) is 8.78 Å². The Kier molecular flexibility index (Phi) is 5.36. The van der Waals surface area contributed by atoms with Crippen molar-refractivity contribution in [2.45, 2.75) is 52.5 Å². The molecule has 2 heterocycles. The first-order chi connectivity index (χ1) is 9.94.